The Bertz CT molecular complexity index is 1460. The average Bonchev–Trinajstić information content (AvgIpc) is 3.65. The number of halogens is 1. The molecule has 11 heteroatoms. The van der Waals surface area contributed by atoms with Crippen LogP contribution < -0.4 is 20.8 Å². The number of nitrogens with two attached hydrogens (primary N) is 1. The summed E-state index contributed by atoms with van der Waals surface area (Å²) < 4.78 is 19.8. The lowest BCUT2D eigenvalue weighted by atomic mass is 10.2. The first-order valence-corrected chi connectivity index (χ1v) is 11.8. The van der Waals surface area contributed by atoms with Crippen LogP contribution in [-0.4, -0.2) is 51.5 Å². The summed E-state index contributed by atoms with van der Waals surface area (Å²) in [6.07, 6.45) is 6.34. The fraction of sp³-hybridized carbons (Fsp3) is 0.280. The average molecular weight is 510 g/mol. The van der Waals surface area contributed by atoms with Gasteiger partial charge in [0.05, 0.1) is 30.1 Å². The molecule has 1 atom stereocenters. The number of ether oxygens (including phenoxy) is 3. The number of hydrogen-bond donors (Lipinski definition) is 1. The Morgan fingerprint density at radius 3 is 2.75 bits per heavy atom. The first kappa shape index (κ1) is 23.8. The van der Waals surface area contributed by atoms with Gasteiger partial charge in [-0.05, 0) is 49.1 Å². The molecule has 10 nitrogen and oxygen atoms in total. The summed E-state index contributed by atoms with van der Waals surface area (Å²) in [6, 6.07) is 10.4. The maximum absolute atomic E-state index is 13.3. The number of carbonyl (C=O) groups is 1. The van der Waals surface area contributed by atoms with E-state index in [2.05, 4.69) is 10.1 Å². The molecule has 0 bridgehead atoms. The molecule has 186 valence electrons. The Labute approximate surface area is 211 Å². The first-order valence-electron chi connectivity index (χ1n) is 11.4. The number of esters is 1. The summed E-state index contributed by atoms with van der Waals surface area (Å²) in [7, 11) is 1.52. The number of fused-ring (bicyclic) bond motifs is 1. The molecule has 0 spiro atoms. The standard InChI is InChI=1S/C25H24ClN5O5/c1-34-22-9-18(5-7-21(22)35-13-23(15-2-3-15)36-24(32)10-27)30-14-29-31-12-16(8-20(31)25(30)33)19-6-4-17(26)11-28-19/h4-9,11-12,14-15,23H,2-3,10,13,27H2,1H3/t23-/m0/s1. The summed E-state index contributed by atoms with van der Waals surface area (Å²) in [5, 5.41) is 4.91. The Morgan fingerprint density at radius 1 is 1.22 bits per heavy atom. The Kier molecular flexibility index (Phi) is 6.62. The number of hydrogen-bond acceptors (Lipinski definition) is 8. The zero-order valence-corrected chi connectivity index (χ0v) is 20.2. The lowest BCUT2D eigenvalue weighted by Crippen LogP contribution is -2.30. The van der Waals surface area contributed by atoms with Crippen molar-refractivity contribution in [2.24, 2.45) is 11.7 Å². The fourth-order valence-corrected chi connectivity index (χ4v) is 4.02. The molecular weight excluding hydrogens is 486 g/mol. The zero-order valence-electron chi connectivity index (χ0n) is 19.5. The zero-order chi connectivity index (χ0) is 25.2. The van der Waals surface area contributed by atoms with E-state index in [0.717, 1.165) is 18.4 Å². The van der Waals surface area contributed by atoms with Crippen LogP contribution in [0.5, 0.6) is 11.5 Å². The van der Waals surface area contributed by atoms with Gasteiger partial charge in [-0.3, -0.25) is 19.1 Å². The van der Waals surface area contributed by atoms with Crippen molar-refractivity contribution in [2.45, 2.75) is 18.9 Å². The van der Waals surface area contributed by atoms with E-state index in [9.17, 15) is 9.59 Å². The number of benzene rings is 1. The number of carbonyl (C=O) groups excluding carboxylic acids is 1. The molecule has 1 saturated carbocycles. The summed E-state index contributed by atoms with van der Waals surface area (Å²) >= 11 is 5.93. The van der Waals surface area contributed by atoms with Gasteiger partial charge in [-0.2, -0.15) is 5.10 Å². The minimum Gasteiger partial charge on any atom is -0.493 e. The van der Waals surface area contributed by atoms with Crippen molar-refractivity contribution in [1.82, 2.24) is 19.2 Å². The van der Waals surface area contributed by atoms with Crippen molar-refractivity contribution < 1.29 is 19.0 Å². The number of rotatable bonds is 9. The number of aromatic nitrogens is 4. The van der Waals surface area contributed by atoms with Gasteiger partial charge in [-0.15, -0.1) is 0 Å². The first-order chi connectivity index (χ1) is 17.5. The van der Waals surface area contributed by atoms with Gasteiger partial charge < -0.3 is 19.9 Å². The largest absolute Gasteiger partial charge is 0.493 e. The van der Waals surface area contributed by atoms with Gasteiger partial charge in [-0.25, -0.2) is 4.52 Å². The van der Waals surface area contributed by atoms with Crippen molar-refractivity contribution in [3.8, 4) is 28.4 Å². The van der Waals surface area contributed by atoms with Crippen LogP contribution in [0.25, 0.3) is 22.5 Å². The SMILES string of the molecule is COc1cc(-n2cnn3cc(-c4ccc(Cl)cn4)cc3c2=O)ccc1OC[C@H](OC(=O)CN)C1CC1. The van der Waals surface area contributed by atoms with E-state index in [1.54, 1.807) is 48.8 Å². The molecule has 0 aliphatic heterocycles. The number of methoxy groups -OCH3 is 1. The maximum Gasteiger partial charge on any atom is 0.320 e. The fourth-order valence-electron chi connectivity index (χ4n) is 3.91. The van der Waals surface area contributed by atoms with E-state index in [0.29, 0.717) is 33.4 Å². The van der Waals surface area contributed by atoms with Crippen molar-refractivity contribution in [3.05, 3.63) is 70.5 Å². The quantitative estimate of drug-likeness (QED) is 0.342. The summed E-state index contributed by atoms with van der Waals surface area (Å²) in [6.45, 7) is 0.0129. The maximum atomic E-state index is 13.3. The highest BCUT2D eigenvalue weighted by Crippen LogP contribution is 2.36. The highest BCUT2D eigenvalue weighted by Gasteiger charge is 2.34. The van der Waals surface area contributed by atoms with E-state index in [1.165, 1.54) is 22.5 Å². The van der Waals surface area contributed by atoms with Crippen molar-refractivity contribution >= 4 is 23.1 Å². The van der Waals surface area contributed by atoms with Crippen molar-refractivity contribution in [3.63, 3.8) is 0 Å². The summed E-state index contributed by atoms with van der Waals surface area (Å²) in [4.78, 5) is 29.2. The van der Waals surface area contributed by atoms with Crippen LogP contribution in [0.15, 0.2) is 59.9 Å². The molecule has 5 rings (SSSR count). The van der Waals surface area contributed by atoms with Crippen LogP contribution in [0.1, 0.15) is 12.8 Å². The third-order valence-electron chi connectivity index (χ3n) is 5.98. The minimum absolute atomic E-state index is 0.173. The van der Waals surface area contributed by atoms with E-state index >= 15 is 0 Å². The second-order valence-electron chi connectivity index (χ2n) is 8.44. The van der Waals surface area contributed by atoms with Crippen LogP contribution in [0.2, 0.25) is 5.02 Å². The van der Waals surface area contributed by atoms with Gasteiger partial charge in [0, 0.05) is 24.0 Å². The van der Waals surface area contributed by atoms with Crippen LogP contribution in [0, 0.1) is 5.92 Å². The van der Waals surface area contributed by atoms with Gasteiger partial charge in [0.2, 0.25) is 0 Å². The molecule has 1 aliphatic rings. The number of nitrogens with zero attached hydrogens (tertiary/aromatic N) is 4. The monoisotopic (exact) mass is 509 g/mol. The van der Waals surface area contributed by atoms with Gasteiger partial charge in [0.15, 0.2) is 11.5 Å². The van der Waals surface area contributed by atoms with Crippen LogP contribution in [-0.2, 0) is 9.53 Å². The molecule has 3 aromatic heterocycles. The molecule has 36 heavy (non-hydrogen) atoms. The molecular formula is C25H24ClN5O5. The van der Waals surface area contributed by atoms with E-state index in [-0.39, 0.29) is 30.7 Å². The molecule has 1 aromatic carbocycles. The Hall–Kier alpha value is -3.89. The van der Waals surface area contributed by atoms with Gasteiger partial charge in [0.1, 0.15) is 24.6 Å². The predicted molar refractivity (Wildman–Crippen MR) is 133 cm³/mol. The molecule has 2 N–H and O–H groups in total. The van der Waals surface area contributed by atoms with E-state index < -0.39 is 5.97 Å². The second kappa shape index (κ2) is 10.00. The highest BCUT2D eigenvalue weighted by atomic mass is 35.5. The van der Waals surface area contributed by atoms with Gasteiger partial charge in [-0.1, -0.05) is 11.6 Å². The lowest BCUT2D eigenvalue weighted by Gasteiger charge is -2.19. The van der Waals surface area contributed by atoms with Crippen LogP contribution in [0.4, 0.5) is 0 Å². The smallest absolute Gasteiger partial charge is 0.320 e. The van der Waals surface area contributed by atoms with Crippen molar-refractivity contribution in [2.75, 3.05) is 20.3 Å². The molecule has 3 heterocycles. The van der Waals surface area contributed by atoms with Gasteiger partial charge >= 0.3 is 5.97 Å². The normalized spacial score (nSPS) is 14.0. The molecule has 0 radical (unpaired) electrons. The summed E-state index contributed by atoms with van der Waals surface area (Å²) in [5.41, 5.74) is 7.48. The van der Waals surface area contributed by atoms with Gasteiger partial charge in [0.25, 0.3) is 5.56 Å². The third kappa shape index (κ3) is 4.91. The molecule has 1 aliphatic carbocycles. The molecule has 0 unspecified atom stereocenters. The second-order valence-corrected chi connectivity index (χ2v) is 8.88. The minimum atomic E-state index is -0.458. The Morgan fingerprint density at radius 2 is 2.06 bits per heavy atom. The van der Waals surface area contributed by atoms with Crippen molar-refractivity contribution in [1.29, 1.82) is 0 Å². The van der Waals surface area contributed by atoms with Crippen LogP contribution >= 0.6 is 11.6 Å². The molecule has 4 aromatic rings. The highest BCUT2D eigenvalue weighted by molar-refractivity contribution is 6.30. The molecule has 0 saturated heterocycles. The van der Waals surface area contributed by atoms with E-state index in [1.807, 2.05) is 0 Å². The Balaban J connectivity index is 1.40. The number of pyridine rings is 1. The lowest BCUT2D eigenvalue weighted by molar-refractivity contribution is -0.150. The molecule has 0 amide bonds. The topological polar surface area (TPSA) is 123 Å². The summed E-state index contributed by atoms with van der Waals surface area (Å²) in [5.74, 6) is 0.717. The van der Waals surface area contributed by atoms with Crippen LogP contribution in [0.3, 0.4) is 0 Å². The third-order valence-corrected chi connectivity index (χ3v) is 6.20. The predicted octanol–water partition coefficient (Wildman–Crippen LogP) is 2.87. The molecule has 1 fully saturated rings. The van der Waals surface area contributed by atoms with E-state index in [4.69, 9.17) is 31.5 Å².